The predicted octanol–water partition coefficient (Wildman–Crippen LogP) is 2.82. The Bertz CT molecular complexity index is 754. The van der Waals surface area contributed by atoms with Crippen LogP contribution in [0, 0.1) is 11.6 Å². The fourth-order valence-electron chi connectivity index (χ4n) is 2.96. The molecule has 1 amide bonds. The van der Waals surface area contributed by atoms with Crippen LogP contribution in [0.25, 0.3) is 0 Å². The quantitative estimate of drug-likeness (QED) is 0.713. The van der Waals surface area contributed by atoms with Crippen molar-refractivity contribution in [2.24, 2.45) is 0 Å². The lowest BCUT2D eigenvalue weighted by Crippen LogP contribution is -2.46. The zero-order chi connectivity index (χ0) is 19.1. The zero-order valence-corrected chi connectivity index (χ0v) is 15.8. The van der Waals surface area contributed by atoms with Crippen LogP contribution in [0.2, 0.25) is 0 Å². The maximum atomic E-state index is 14.1. The van der Waals surface area contributed by atoms with Crippen molar-refractivity contribution in [3.05, 3.63) is 65.7 Å². The number of nitrogens with zero attached hydrogens (tertiary/aromatic N) is 1. The van der Waals surface area contributed by atoms with Gasteiger partial charge in [0.2, 0.25) is 5.91 Å². The summed E-state index contributed by atoms with van der Waals surface area (Å²) >= 11 is 1.09. The molecule has 1 aliphatic rings. The van der Waals surface area contributed by atoms with Crippen molar-refractivity contribution in [1.29, 1.82) is 0 Å². The first-order valence-corrected chi connectivity index (χ1v) is 9.89. The molecule has 0 bridgehead atoms. The fraction of sp³-hybridized carbons (Fsp3) is 0.350. The predicted molar refractivity (Wildman–Crippen MR) is 104 cm³/mol. The van der Waals surface area contributed by atoms with Gasteiger partial charge in [0.1, 0.15) is 16.9 Å². The van der Waals surface area contributed by atoms with Gasteiger partial charge in [-0.05, 0) is 17.7 Å². The lowest BCUT2D eigenvalue weighted by molar-refractivity contribution is -0.120. The number of carbonyl (C=O) groups is 1. The van der Waals surface area contributed by atoms with Crippen molar-refractivity contribution >= 4 is 17.7 Å². The van der Waals surface area contributed by atoms with Crippen molar-refractivity contribution in [3.63, 3.8) is 0 Å². The van der Waals surface area contributed by atoms with E-state index in [1.165, 1.54) is 12.1 Å². The minimum Gasteiger partial charge on any atom is -0.354 e. The minimum atomic E-state index is -0.658. The summed E-state index contributed by atoms with van der Waals surface area (Å²) in [5, 5.41) is 5.65. The molecule has 0 spiro atoms. The Balaban J connectivity index is 1.66. The first-order chi connectivity index (χ1) is 13.1. The number of hydrogen-bond donors (Lipinski definition) is 2. The first kappa shape index (κ1) is 19.8. The molecule has 2 N–H and O–H groups in total. The molecular formula is C20H23F2N3OS. The molecule has 1 aliphatic heterocycles. The number of amides is 1. The summed E-state index contributed by atoms with van der Waals surface area (Å²) in [5.41, 5.74) is 0.783. The molecule has 7 heteroatoms. The van der Waals surface area contributed by atoms with E-state index >= 15 is 0 Å². The van der Waals surface area contributed by atoms with Crippen LogP contribution in [0.15, 0.2) is 53.4 Å². The average Bonchev–Trinajstić information content (AvgIpc) is 2.69. The Morgan fingerprint density at radius 2 is 1.89 bits per heavy atom. The molecule has 0 aromatic heterocycles. The summed E-state index contributed by atoms with van der Waals surface area (Å²) in [6.07, 6.45) is 0. The Labute approximate surface area is 162 Å². The van der Waals surface area contributed by atoms with Crippen LogP contribution in [-0.2, 0) is 4.79 Å². The Morgan fingerprint density at radius 3 is 2.59 bits per heavy atom. The molecular weight excluding hydrogens is 368 g/mol. The molecule has 144 valence electrons. The van der Waals surface area contributed by atoms with Gasteiger partial charge in [0.25, 0.3) is 0 Å². The van der Waals surface area contributed by atoms with Gasteiger partial charge in [0.15, 0.2) is 0 Å². The maximum absolute atomic E-state index is 14.1. The molecule has 1 unspecified atom stereocenters. The van der Waals surface area contributed by atoms with Gasteiger partial charge in [-0.2, -0.15) is 0 Å². The number of thioether (sulfide) groups is 1. The Morgan fingerprint density at radius 1 is 1.15 bits per heavy atom. The molecule has 3 rings (SSSR count). The topological polar surface area (TPSA) is 44.4 Å². The van der Waals surface area contributed by atoms with Gasteiger partial charge >= 0.3 is 0 Å². The molecule has 0 aliphatic carbocycles. The van der Waals surface area contributed by atoms with Crippen LogP contribution in [0.1, 0.15) is 10.8 Å². The first-order valence-electron chi connectivity index (χ1n) is 9.01. The minimum absolute atomic E-state index is 0.176. The van der Waals surface area contributed by atoms with Gasteiger partial charge in [-0.25, -0.2) is 8.78 Å². The smallest absolute Gasteiger partial charge is 0.238 e. The summed E-state index contributed by atoms with van der Waals surface area (Å²) in [6.45, 7) is 5.17. The molecule has 1 atom stereocenters. The molecule has 27 heavy (non-hydrogen) atoms. The van der Waals surface area contributed by atoms with Crippen LogP contribution in [-0.4, -0.2) is 50.1 Å². The second-order valence-electron chi connectivity index (χ2n) is 6.37. The third-order valence-electron chi connectivity index (χ3n) is 4.42. The van der Waals surface area contributed by atoms with E-state index in [1.54, 1.807) is 0 Å². The van der Waals surface area contributed by atoms with E-state index in [9.17, 15) is 13.6 Å². The number of benzene rings is 2. The van der Waals surface area contributed by atoms with Crippen LogP contribution >= 0.6 is 11.8 Å². The Kier molecular flexibility index (Phi) is 7.20. The monoisotopic (exact) mass is 391 g/mol. The standard InChI is InChI=1S/C20H23F2N3OS/c21-16-6-7-18(17(22)14-16)27-19(15-4-2-1-3-5-15)20(26)24-10-13-25-11-8-23-9-12-25/h1-7,14,19,23H,8-13H2,(H,24,26). The molecule has 0 saturated carbocycles. The molecule has 1 heterocycles. The zero-order valence-electron chi connectivity index (χ0n) is 15.0. The fourth-order valence-corrected chi connectivity index (χ4v) is 4.02. The number of halogens is 2. The number of rotatable bonds is 7. The van der Waals surface area contributed by atoms with E-state index in [2.05, 4.69) is 15.5 Å². The van der Waals surface area contributed by atoms with Crippen LogP contribution in [0.3, 0.4) is 0 Å². The molecule has 2 aromatic carbocycles. The van der Waals surface area contributed by atoms with Crippen molar-refractivity contribution < 1.29 is 13.6 Å². The maximum Gasteiger partial charge on any atom is 0.238 e. The highest BCUT2D eigenvalue weighted by atomic mass is 32.2. The van der Waals surface area contributed by atoms with Crippen molar-refractivity contribution in [1.82, 2.24) is 15.5 Å². The van der Waals surface area contributed by atoms with E-state index in [0.717, 1.165) is 56.1 Å². The van der Waals surface area contributed by atoms with Gasteiger partial charge < -0.3 is 10.6 Å². The van der Waals surface area contributed by atoms with E-state index in [-0.39, 0.29) is 10.8 Å². The van der Waals surface area contributed by atoms with Crippen LogP contribution in [0.5, 0.6) is 0 Å². The summed E-state index contributed by atoms with van der Waals surface area (Å²) < 4.78 is 27.3. The van der Waals surface area contributed by atoms with Gasteiger partial charge in [0, 0.05) is 50.2 Å². The van der Waals surface area contributed by atoms with Gasteiger partial charge in [-0.3, -0.25) is 9.69 Å². The lowest BCUT2D eigenvalue weighted by Gasteiger charge is -2.27. The number of piperazine rings is 1. The lowest BCUT2D eigenvalue weighted by atomic mass is 10.1. The summed E-state index contributed by atoms with van der Waals surface area (Å²) in [5.74, 6) is -1.46. The summed E-state index contributed by atoms with van der Waals surface area (Å²) in [4.78, 5) is 15.4. The van der Waals surface area contributed by atoms with Gasteiger partial charge in [-0.15, -0.1) is 11.8 Å². The molecule has 0 radical (unpaired) electrons. The highest BCUT2D eigenvalue weighted by molar-refractivity contribution is 8.00. The van der Waals surface area contributed by atoms with Crippen LogP contribution in [0.4, 0.5) is 8.78 Å². The Hall–Kier alpha value is -1.96. The van der Waals surface area contributed by atoms with E-state index in [4.69, 9.17) is 0 Å². The van der Waals surface area contributed by atoms with Crippen molar-refractivity contribution in [2.45, 2.75) is 10.1 Å². The van der Waals surface area contributed by atoms with E-state index < -0.39 is 16.9 Å². The second kappa shape index (κ2) is 9.82. The largest absolute Gasteiger partial charge is 0.354 e. The van der Waals surface area contributed by atoms with Gasteiger partial charge in [-0.1, -0.05) is 30.3 Å². The number of hydrogen-bond acceptors (Lipinski definition) is 4. The normalized spacial score (nSPS) is 16.1. The third kappa shape index (κ3) is 5.76. The van der Waals surface area contributed by atoms with Gasteiger partial charge in [0.05, 0.1) is 0 Å². The number of nitrogens with one attached hydrogen (secondary N) is 2. The highest BCUT2D eigenvalue weighted by Crippen LogP contribution is 2.36. The SMILES string of the molecule is O=C(NCCN1CCNCC1)C(Sc1ccc(F)cc1F)c1ccccc1. The number of carbonyl (C=O) groups excluding carboxylic acids is 1. The second-order valence-corrected chi connectivity index (χ2v) is 7.51. The van der Waals surface area contributed by atoms with E-state index in [1.807, 2.05) is 30.3 Å². The summed E-state index contributed by atoms with van der Waals surface area (Å²) in [7, 11) is 0. The highest BCUT2D eigenvalue weighted by Gasteiger charge is 2.23. The van der Waals surface area contributed by atoms with Crippen LogP contribution < -0.4 is 10.6 Å². The molecule has 4 nitrogen and oxygen atoms in total. The van der Waals surface area contributed by atoms with Crippen molar-refractivity contribution in [2.75, 3.05) is 39.3 Å². The molecule has 2 aromatic rings. The molecule has 1 saturated heterocycles. The van der Waals surface area contributed by atoms with Crippen molar-refractivity contribution in [3.8, 4) is 0 Å². The molecule has 1 fully saturated rings. The third-order valence-corrected chi connectivity index (χ3v) is 5.72. The summed E-state index contributed by atoms with van der Waals surface area (Å²) in [6, 6.07) is 12.7. The van der Waals surface area contributed by atoms with E-state index in [0.29, 0.717) is 6.54 Å². The average molecular weight is 391 g/mol.